The van der Waals surface area contributed by atoms with Crippen LogP contribution in [-0.4, -0.2) is 34.9 Å². The summed E-state index contributed by atoms with van der Waals surface area (Å²) in [5.41, 5.74) is 3.68. The number of aliphatic hydroxyl groups excluding tert-OH is 1. The minimum atomic E-state index is -0.519. The minimum absolute atomic E-state index is 0.108. The van der Waals surface area contributed by atoms with Gasteiger partial charge in [0.1, 0.15) is 28.4 Å². The molecule has 0 aliphatic carbocycles. The number of rotatable bonds is 9. The van der Waals surface area contributed by atoms with Gasteiger partial charge in [0.2, 0.25) is 0 Å². The lowest BCUT2D eigenvalue weighted by Gasteiger charge is -2.16. The van der Waals surface area contributed by atoms with Crippen LogP contribution in [0.1, 0.15) is 25.5 Å². The zero-order valence-electron chi connectivity index (χ0n) is 18.2. The van der Waals surface area contributed by atoms with E-state index in [1.165, 1.54) is 0 Å². The molecule has 1 unspecified atom stereocenters. The molecule has 0 radical (unpaired) electrons. The quantitative estimate of drug-likeness (QED) is 0.324. The number of aliphatic hydroxyl groups is 1. The number of nitrogens with zero attached hydrogens (tertiary/aromatic N) is 1. The van der Waals surface area contributed by atoms with Crippen molar-refractivity contribution in [3.63, 3.8) is 0 Å². The van der Waals surface area contributed by atoms with Gasteiger partial charge in [0.05, 0.1) is 18.4 Å². The predicted molar refractivity (Wildman–Crippen MR) is 126 cm³/mol. The highest BCUT2D eigenvalue weighted by Crippen LogP contribution is 2.34. The summed E-state index contributed by atoms with van der Waals surface area (Å²) in [6.07, 6.45) is 1.17. The highest BCUT2D eigenvalue weighted by Gasteiger charge is 2.12. The normalized spacial score (nSPS) is 13.0. The van der Waals surface area contributed by atoms with Gasteiger partial charge in [-0.3, -0.25) is 0 Å². The molecule has 0 saturated carbocycles. The molecule has 0 amide bonds. The number of hydrogen-bond donors (Lipinski definition) is 2. The Kier molecular flexibility index (Phi) is 6.90. The van der Waals surface area contributed by atoms with Crippen molar-refractivity contribution in [1.29, 1.82) is 0 Å². The summed E-state index contributed by atoms with van der Waals surface area (Å²) in [5, 5.41) is 12.6. The highest BCUT2D eigenvalue weighted by molar-refractivity contribution is 7.13. The summed E-state index contributed by atoms with van der Waals surface area (Å²) < 4.78 is 17.4. The zero-order chi connectivity index (χ0) is 22.5. The van der Waals surface area contributed by atoms with Gasteiger partial charge in [0.25, 0.3) is 0 Å². The number of nitrogens with one attached hydrogen (secondary N) is 1. The average Bonchev–Trinajstić information content (AvgIpc) is 3.46. The molecule has 0 aliphatic rings. The molecule has 4 rings (SSSR count). The first-order valence-electron chi connectivity index (χ1n) is 10.4. The topological polar surface area (TPSA) is 76.6 Å². The maximum Gasteiger partial charge on any atom is 0.139 e. The number of aromatic nitrogens is 2. The molecule has 2 atom stereocenters. The van der Waals surface area contributed by atoms with Crippen molar-refractivity contribution in [2.24, 2.45) is 0 Å². The van der Waals surface area contributed by atoms with Crippen LogP contribution in [0.4, 0.5) is 0 Å². The number of aromatic amines is 1. The van der Waals surface area contributed by atoms with Crippen molar-refractivity contribution in [3.05, 3.63) is 71.7 Å². The van der Waals surface area contributed by atoms with Crippen LogP contribution >= 0.6 is 11.3 Å². The summed E-state index contributed by atoms with van der Waals surface area (Å²) >= 11 is 1.59. The third kappa shape index (κ3) is 5.37. The maximum atomic E-state index is 9.73. The summed E-state index contributed by atoms with van der Waals surface area (Å²) in [7, 11) is 1.65. The lowest BCUT2D eigenvalue weighted by atomic mass is 10.1. The molecule has 166 valence electrons. The van der Waals surface area contributed by atoms with Crippen molar-refractivity contribution in [3.8, 4) is 39.2 Å². The highest BCUT2D eigenvalue weighted by atomic mass is 32.1. The molecule has 2 aromatic heterocycles. The first kappa shape index (κ1) is 22.1. The van der Waals surface area contributed by atoms with E-state index >= 15 is 0 Å². The van der Waals surface area contributed by atoms with Crippen molar-refractivity contribution in [1.82, 2.24) is 9.97 Å². The third-order valence-corrected chi connectivity index (χ3v) is 5.68. The molecule has 2 aromatic carbocycles. The third-order valence-electron chi connectivity index (χ3n) is 4.88. The van der Waals surface area contributed by atoms with Crippen LogP contribution in [0.25, 0.3) is 22.0 Å². The Morgan fingerprint density at radius 1 is 0.969 bits per heavy atom. The van der Waals surface area contributed by atoms with Gasteiger partial charge in [0.15, 0.2) is 0 Å². The summed E-state index contributed by atoms with van der Waals surface area (Å²) in [5.74, 6) is 2.02. The van der Waals surface area contributed by atoms with Crippen molar-refractivity contribution in [2.75, 3.05) is 13.7 Å². The molecule has 0 aliphatic heterocycles. The molecular formula is C25H26N2O4S. The minimum Gasteiger partial charge on any atom is -0.488 e. The van der Waals surface area contributed by atoms with Gasteiger partial charge >= 0.3 is 0 Å². The molecule has 4 aromatic rings. The molecule has 0 spiro atoms. The standard InChI is InChI=1S/C25H26N2O4S/c1-16(15-29-3)30-21-12-19(23-8-9-24(27-23)25-26-10-11-32-25)13-22(14-21)31-20-6-4-18(5-7-20)17(2)28/h4-14,16-17,27-28H,15H2,1-3H3/t16-,17?/m0/s1. The molecule has 2 heterocycles. The molecule has 6 nitrogen and oxygen atoms in total. The van der Waals surface area contributed by atoms with Gasteiger partial charge < -0.3 is 24.3 Å². The predicted octanol–water partition coefficient (Wildman–Crippen LogP) is 6.06. The van der Waals surface area contributed by atoms with Crippen LogP contribution in [0, 0.1) is 0 Å². The smallest absolute Gasteiger partial charge is 0.139 e. The van der Waals surface area contributed by atoms with E-state index < -0.39 is 6.10 Å². The molecule has 7 heteroatoms. The molecule has 32 heavy (non-hydrogen) atoms. The van der Waals surface area contributed by atoms with E-state index in [1.54, 1.807) is 31.6 Å². The van der Waals surface area contributed by atoms with Crippen molar-refractivity contribution >= 4 is 11.3 Å². The van der Waals surface area contributed by atoms with Gasteiger partial charge in [-0.15, -0.1) is 11.3 Å². The summed E-state index contributed by atoms with van der Waals surface area (Å²) in [6, 6.07) is 17.3. The van der Waals surface area contributed by atoms with E-state index in [2.05, 4.69) is 9.97 Å². The van der Waals surface area contributed by atoms with Crippen LogP contribution in [0.15, 0.2) is 66.2 Å². The van der Waals surface area contributed by atoms with E-state index in [0.717, 1.165) is 27.5 Å². The fraction of sp³-hybridized carbons (Fsp3) is 0.240. The van der Waals surface area contributed by atoms with Crippen molar-refractivity contribution in [2.45, 2.75) is 26.1 Å². The number of H-pyrrole nitrogens is 1. The molecule has 0 saturated heterocycles. The maximum absolute atomic E-state index is 9.73. The fourth-order valence-corrected chi connectivity index (χ4v) is 3.97. The number of hydrogen-bond acceptors (Lipinski definition) is 6. The second kappa shape index (κ2) is 9.99. The van der Waals surface area contributed by atoms with Crippen molar-refractivity contribution < 1.29 is 19.3 Å². The number of benzene rings is 2. The Labute approximate surface area is 191 Å². The first-order valence-corrected chi connectivity index (χ1v) is 11.3. The summed E-state index contributed by atoms with van der Waals surface area (Å²) in [4.78, 5) is 7.80. The number of methoxy groups -OCH3 is 1. The van der Waals surface area contributed by atoms with E-state index in [0.29, 0.717) is 23.9 Å². The van der Waals surface area contributed by atoms with Gasteiger partial charge in [-0.25, -0.2) is 4.98 Å². The molecular weight excluding hydrogens is 424 g/mol. The second-order valence-corrected chi connectivity index (χ2v) is 8.44. The van der Waals surface area contributed by atoms with E-state index in [9.17, 15) is 5.11 Å². The van der Waals surface area contributed by atoms with Crippen LogP contribution in [0.3, 0.4) is 0 Å². The van der Waals surface area contributed by atoms with Gasteiger partial charge in [-0.2, -0.15) is 0 Å². The van der Waals surface area contributed by atoms with Gasteiger partial charge in [0, 0.05) is 36.0 Å². The van der Waals surface area contributed by atoms with E-state index in [4.69, 9.17) is 14.2 Å². The summed E-state index contributed by atoms with van der Waals surface area (Å²) in [6.45, 7) is 4.18. The number of ether oxygens (including phenoxy) is 3. The average molecular weight is 451 g/mol. The Morgan fingerprint density at radius 2 is 1.72 bits per heavy atom. The lowest BCUT2D eigenvalue weighted by Crippen LogP contribution is -2.17. The van der Waals surface area contributed by atoms with E-state index in [-0.39, 0.29) is 6.10 Å². The Hall–Kier alpha value is -3.13. The monoisotopic (exact) mass is 450 g/mol. The Morgan fingerprint density at radius 3 is 2.41 bits per heavy atom. The van der Waals surface area contributed by atoms with Crippen LogP contribution < -0.4 is 9.47 Å². The molecule has 0 bridgehead atoms. The Balaban J connectivity index is 1.64. The fourth-order valence-electron chi connectivity index (χ4n) is 3.35. The van der Waals surface area contributed by atoms with Gasteiger partial charge in [-0.05, 0) is 55.8 Å². The van der Waals surface area contributed by atoms with Gasteiger partial charge in [-0.1, -0.05) is 12.1 Å². The van der Waals surface area contributed by atoms with Crippen LogP contribution in [0.2, 0.25) is 0 Å². The van der Waals surface area contributed by atoms with Crippen LogP contribution in [-0.2, 0) is 4.74 Å². The van der Waals surface area contributed by atoms with E-state index in [1.807, 2.05) is 66.9 Å². The molecule has 2 N–H and O–H groups in total. The second-order valence-electron chi connectivity index (χ2n) is 7.55. The lowest BCUT2D eigenvalue weighted by molar-refractivity contribution is 0.0920. The largest absolute Gasteiger partial charge is 0.488 e. The zero-order valence-corrected chi connectivity index (χ0v) is 19.1. The Bertz CT molecular complexity index is 1140. The van der Waals surface area contributed by atoms with Crippen LogP contribution in [0.5, 0.6) is 17.2 Å². The first-order chi connectivity index (χ1) is 15.5. The molecule has 0 fully saturated rings. The SMILES string of the molecule is COC[C@H](C)Oc1cc(Oc2ccc(C(C)O)cc2)cc(-c2ccc(-c3nccs3)[nH]2)c1. The number of thiazole rings is 1.